The minimum Gasteiger partial charge on any atom is -0.341 e. The molecule has 0 unspecified atom stereocenters. The van der Waals surface area contributed by atoms with Crippen molar-refractivity contribution in [3.05, 3.63) is 53.1 Å². The van der Waals surface area contributed by atoms with Crippen LogP contribution in [0.5, 0.6) is 0 Å². The minimum absolute atomic E-state index is 0.119. The summed E-state index contributed by atoms with van der Waals surface area (Å²) < 4.78 is 1.99. The van der Waals surface area contributed by atoms with Crippen LogP contribution in [0.2, 0.25) is 0 Å². The van der Waals surface area contributed by atoms with Gasteiger partial charge >= 0.3 is 0 Å². The van der Waals surface area contributed by atoms with Crippen LogP contribution in [0.15, 0.2) is 42.0 Å². The highest BCUT2D eigenvalue weighted by molar-refractivity contribution is 8.18. The third-order valence-electron chi connectivity index (χ3n) is 5.63. The number of imide groups is 1. The number of rotatable bonds is 6. The molecule has 156 valence electrons. The normalized spacial score (nSPS) is 18.2. The fourth-order valence-corrected chi connectivity index (χ4v) is 4.97. The molecule has 2 saturated heterocycles. The number of hydrogen-bond acceptors (Lipinski definition) is 4. The second kappa shape index (κ2) is 8.52. The standard InChI is InChI=1S/C23H25N3O3S/c1-3-10-26-22(28)19(30-23(26)29)13-17-14-25(15-20(27)24-11-5-6-12-24)21-16(4-2)8-7-9-18(17)21/h3,7-9,13-14H,1,4-6,10-12,15H2,2H3/b19-13-. The average molecular weight is 424 g/mol. The first-order valence-electron chi connectivity index (χ1n) is 10.3. The van der Waals surface area contributed by atoms with Crippen LogP contribution in [0.25, 0.3) is 17.0 Å². The minimum atomic E-state index is -0.300. The topological polar surface area (TPSA) is 62.6 Å². The van der Waals surface area contributed by atoms with Crippen molar-refractivity contribution in [2.45, 2.75) is 32.7 Å². The fourth-order valence-electron chi connectivity index (χ4n) is 4.13. The molecule has 3 heterocycles. The first-order chi connectivity index (χ1) is 14.5. The van der Waals surface area contributed by atoms with Gasteiger partial charge in [-0.15, -0.1) is 6.58 Å². The van der Waals surface area contributed by atoms with Crippen LogP contribution in [0.3, 0.4) is 0 Å². The van der Waals surface area contributed by atoms with Crippen LogP contribution in [0, 0.1) is 0 Å². The van der Waals surface area contributed by atoms with Crippen molar-refractivity contribution in [3.63, 3.8) is 0 Å². The van der Waals surface area contributed by atoms with Crippen molar-refractivity contribution in [3.8, 4) is 0 Å². The van der Waals surface area contributed by atoms with Gasteiger partial charge in [0.1, 0.15) is 6.54 Å². The van der Waals surface area contributed by atoms with Crippen molar-refractivity contribution >= 4 is 45.8 Å². The number of benzene rings is 1. The number of carbonyl (C=O) groups excluding carboxylic acids is 3. The zero-order valence-corrected chi connectivity index (χ0v) is 17.9. The molecule has 6 nitrogen and oxygen atoms in total. The van der Waals surface area contributed by atoms with E-state index < -0.39 is 0 Å². The van der Waals surface area contributed by atoms with Crippen LogP contribution >= 0.6 is 11.8 Å². The molecule has 2 aliphatic heterocycles. The lowest BCUT2D eigenvalue weighted by Crippen LogP contribution is -2.30. The second-order valence-corrected chi connectivity index (χ2v) is 8.54. The van der Waals surface area contributed by atoms with Gasteiger partial charge in [-0.2, -0.15) is 0 Å². The molecular weight excluding hydrogens is 398 g/mol. The second-order valence-electron chi connectivity index (χ2n) is 7.55. The number of hydrogen-bond donors (Lipinski definition) is 0. The van der Waals surface area contributed by atoms with Gasteiger partial charge in [-0.1, -0.05) is 31.2 Å². The summed E-state index contributed by atoms with van der Waals surface area (Å²) in [6.45, 7) is 7.83. The van der Waals surface area contributed by atoms with Crippen LogP contribution in [0.1, 0.15) is 30.9 Å². The van der Waals surface area contributed by atoms with Gasteiger partial charge in [0.25, 0.3) is 11.1 Å². The van der Waals surface area contributed by atoms with Gasteiger partial charge in [0.15, 0.2) is 0 Å². The summed E-state index contributed by atoms with van der Waals surface area (Å²) in [4.78, 5) is 41.1. The first kappa shape index (κ1) is 20.5. The van der Waals surface area contributed by atoms with E-state index in [0.29, 0.717) is 4.91 Å². The number of amides is 3. The van der Waals surface area contributed by atoms with E-state index in [1.165, 1.54) is 4.90 Å². The SMILES string of the molecule is C=CCN1C(=O)S/C(=C\c2cn(CC(=O)N3CCCC3)c3c(CC)cccc23)C1=O. The van der Waals surface area contributed by atoms with E-state index in [4.69, 9.17) is 0 Å². The van der Waals surface area contributed by atoms with Gasteiger partial charge in [0.05, 0.1) is 10.4 Å². The number of likely N-dealkylation sites (tertiary alicyclic amines) is 1. The fraction of sp³-hybridized carbons (Fsp3) is 0.348. The molecule has 0 radical (unpaired) electrons. The number of nitrogens with zero attached hydrogens (tertiary/aromatic N) is 3. The first-order valence-corrected chi connectivity index (χ1v) is 11.1. The molecule has 30 heavy (non-hydrogen) atoms. The van der Waals surface area contributed by atoms with Gasteiger partial charge in [-0.05, 0) is 42.7 Å². The maximum Gasteiger partial charge on any atom is 0.293 e. The van der Waals surface area contributed by atoms with E-state index in [0.717, 1.165) is 66.1 Å². The Morgan fingerprint density at radius 1 is 1.23 bits per heavy atom. The monoisotopic (exact) mass is 423 g/mol. The number of fused-ring (bicyclic) bond motifs is 1. The van der Waals surface area contributed by atoms with Crippen LogP contribution in [-0.4, -0.2) is 51.1 Å². The zero-order chi connectivity index (χ0) is 21.3. The molecular formula is C23H25N3O3S. The molecule has 2 aliphatic rings. The predicted molar refractivity (Wildman–Crippen MR) is 120 cm³/mol. The molecule has 1 aromatic heterocycles. The number of aromatic nitrogens is 1. The van der Waals surface area contributed by atoms with Crippen LogP contribution < -0.4 is 0 Å². The molecule has 2 aromatic rings. The summed E-state index contributed by atoms with van der Waals surface area (Å²) in [5.74, 6) is -0.182. The molecule has 0 atom stereocenters. The highest BCUT2D eigenvalue weighted by atomic mass is 32.2. The van der Waals surface area contributed by atoms with Gasteiger partial charge in [-0.3, -0.25) is 19.3 Å². The van der Waals surface area contributed by atoms with Gasteiger partial charge in [0.2, 0.25) is 5.91 Å². The Bertz CT molecular complexity index is 1060. The molecule has 1 aromatic carbocycles. The molecule has 0 spiro atoms. The van der Waals surface area contributed by atoms with Crippen molar-refractivity contribution in [1.82, 2.24) is 14.4 Å². The number of carbonyl (C=O) groups is 3. The molecule has 0 aliphatic carbocycles. The quantitative estimate of drug-likeness (QED) is 0.519. The van der Waals surface area contributed by atoms with Crippen molar-refractivity contribution in [1.29, 1.82) is 0 Å². The number of aryl methyl sites for hydroxylation is 1. The summed E-state index contributed by atoms with van der Waals surface area (Å²) in [7, 11) is 0. The Morgan fingerprint density at radius 3 is 2.70 bits per heavy atom. The van der Waals surface area contributed by atoms with Crippen LogP contribution in [-0.2, 0) is 22.6 Å². The van der Waals surface area contributed by atoms with Gasteiger partial charge < -0.3 is 9.47 Å². The van der Waals surface area contributed by atoms with E-state index in [2.05, 4.69) is 19.6 Å². The Balaban J connectivity index is 1.74. The highest BCUT2D eigenvalue weighted by Crippen LogP contribution is 2.34. The average Bonchev–Trinajstić information content (AvgIpc) is 3.45. The number of para-hydroxylation sites is 1. The van der Waals surface area contributed by atoms with Gasteiger partial charge in [0, 0.05) is 36.8 Å². The van der Waals surface area contributed by atoms with Crippen molar-refractivity contribution in [2.75, 3.05) is 19.6 Å². The maximum atomic E-state index is 12.8. The third-order valence-corrected chi connectivity index (χ3v) is 6.54. The highest BCUT2D eigenvalue weighted by Gasteiger charge is 2.34. The van der Waals surface area contributed by atoms with Crippen molar-refractivity contribution in [2.24, 2.45) is 0 Å². The maximum absolute atomic E-state index is 12.8. The number of thioether (sulfide) groups is 1. The molecule has 0 N–H and O–H groups in total. The Morgan fingerprint density at radius 2 is 2.00 bits per heavy atom. The summed E-state index contributed by atoms with van der Waals surface area (Å²) in [5.41, 5.74) is 3.02. The van der Waals surface area contributed by atoms with E-state index >= 15 is 0 Å². The van der Waals surface area contributed by atoms with E-state index in [1.54, 1.807) is 12.2 Å². The van der Waals surface area contributed by atoms with Crippen molar-refractivity contribution < 1.29 is 14.4 Å². The van der Waals surface area contributed by atoms with E-state index in [9.17, 15) is 14.4 Å². The Kier molecular flexibility index (Phi) is 5.81. The zero-order valence-electron chi connectivity index (χ0n) is 17.1. The summed E-state index contributed by atoms with van der Waals surface area (Å²) in [6, 6.07) is 6.07. The predicted octanol–water partition coefficient (Wildman–Crippen LogP) is 4.05. The Labute approximate surface area is 180 Å². The van der Waals surface area contributed by atoms with Crippen LogP contribution in [0.4, 0.5) is 4.79 Å². The molecule has 2 fully saturated rings. The largest absolute Gasteiger partial charge is 0.341 e. The summed E-state index contributed by atoms with van der Waals surface area (Å²) in [5, 5.41) is 0.701. The summed E-state index contributed by atoms with van der Waals surface area (Å²) in [6.07, 6.45) is 8.21. The Hall–Kier alpha value is -2.80. The molecule has 0 bridgehead atoms. The molecule has 0 saturated carbocycles. The lowest BCUT2D eigenvalue weighted by Gasteiger charge is -2.16. The van der Waals surface area contributed by atoms with Gasteiger partial charge in [-0.25, -0.2) is 0 Å². The summed E-state index contributed by atoms with van der Waals surface area (Å²) >= 11 is 0.945. The van der Waals surface area contributed by atoms with E-state index in [1.807, 2.05) is 27.8 Å². The lowest BCUT2D eigenvalue weighted by molar-refractivity contribution is -0.130. The van der Waals surface area contributed by atoms with E-state index in [-0.39, 0.29) is 30.1 Å². The smallest absolute Gasteiger partial charge is 0.293 e. The lowest BCUT2D eigenvalue weighted by atomic mass is 10.1. The molecule has 4 rings (SSSR count). The molecule has 3 amide bonds. The molecule has 7 heteroatoms. The third kappa shape index (κ3) is 3.69.